The Hall–Kier alpha value is -1.97. The molecule has 0 saturated heterocycles. The van der Waals surface area contributed by atoms with Crippen LogP contribution in [0.2, 0.25) is 0 Å². The molecule has 1 aromatic carbocycles. The highest BCUT2D eigenvalue weighted by Gasteiger charge is 2.09. The zero-order valence-electron chi connectivity index (χ0n) is 9.24. The van der Waals surface area contributed by atoms with Gasteiger partial charge in [-0.1, -0.05) is 0 Å². The molecule has 0 saturated carbocycles. The van der Waals surface area contributed by atoms with E-state index < -0.39 is 0 Å². The van der Waals surface area contributed by atoms with Crippen molar-refractivity contribution in [1.29, 1.82) is 0 Å². The summed E-state index contributed by atoms with van der Waals surface area (Å²) < 4.78 is 9.76. The second-order valence-corrected chi connectivity index (χ2v) is 3.48. The fourth-order valence-electron chi connectivity index (χ4n) is 1.67. The number of aromatic nitrogens is 1. The Kier molecular flexibility index (Phi) is 2.81. The number of carbonyl (C=O) groups is 1. The largest absolute Gasteiger partial charge is 0.497 e. The third-order valence-electron chi connectivity index (χ3n) is 2.54. The summed E-state index contributed by atoms with van der Waals surface area (Å²) in [4.78, 5) is 14.3. The average molecular weight is 219 g/mol. The molecule has 0 aliphatic rings. The topological polar surface area (TPSA) is 51.3 Å². The van der Waals surface area contributed by atoms with Crippen LogP contribution in [-0.4, -0.2) is 25.2 Å². The molecule has 4 nitrogen and oxygen atoms in total. The summed E-state index contributed by atoms with van der Waals surface area (Å²) in [5, 5.41) is 1.02. The Morgan fingerprint density at radius 3 is 2.88 bits per heavy atom. The fraction of sp³-hybridized carbons (Fsp3) is 0.250. The zero-order chi connectivity index (χ0) is 11.5. The van der Waals surface area contributed by atoms with Gasteiger partial charge in [0.15, 0.2) is 0 Å². The second kappa shape index (κ2) is 4.26. The summed E-state index contributed by atoms with van der Waals surface area (Å²) >= 11 is 0. The predicted molar refractivity (Wildman–Crippen MR) is 60.6 cm³/mol. The smallest absolute Gasteiger partial charge is 0.310 e. The minimum absolute atomic E-state index is 0.239. The van der Waals surface area contributed by atoms with E-state index in [1.807, 2.05) is 24.4 Å². The molecule has 0 unspecified atom stereocenters. The van der Waals surface area contributed by atoms with E-state index in [0.717, 1.165) is 22.2 Å². The van der Waals surface area contributed by atoms with Crippen molar-refractivity contribution in [2.45, 2.75) is 6.42 Å². The van der Waals surface area contributed by atoms with Crippen LogP contribution >= 0.6 is 0 Å². The number of hydrogen-bond donors (Lipinski definition) is 1. The normalized spacial score (nSPS) is 10.4. The molecule has 0 radical (unpaired) electrons. The van der Waals surface area contributed by atoms with Crippen LogP contribution in [0.15, 0.2) is 24.4 Å². The van der Waals surface area contributed by atoms with Crippen molar-refractivity contribution < 1.29 is 14.3 Å². The highest BCUT2D eigenvalue weighted by molar-refractivity contribution is 5.88. The molecule has 0 aliphatic carbocycles. The first-order chi connectivity index (χ1) is 7.74. The number of rotatable bonds is 3. The summed E-state index contributed by atoms with van der Waals surface area (Å²) in [5.74, 6) is 0.552. The Labute approximate surface area is 93.2 Å². The lowest BCUT2D eigenvalue weighted by molar-refractivity contribution is -0.139. The summed E-state index contributed by atoms with van der Waals surface area (Å²) in [6, 6.07) is 5.70. The number of methoxy groups -OCH3 is 2. The molecule has 0 spiro atoms. The Morgan fingerprint density at radius 2 is 2.19 bits per heavy atom. The van der Waals surface area contributed by atoms with E-state index in [1.165, 1.54) is 7.11 Å². The minimum Gasteiger partial charge on any atom is -0.497 e. The van der Waals surface area contributed by atoms with E-state index in [-0.39, 0.29) is 12.4 Å². The van der Waals surface area contributed by atoms with Crippen LogP contribution < -0.4 is 4.74 Å². The number of aromatic amines is 1. The standard InChI is InChI=1S/C12H13NO3/c1-15-9-3-4-10-8(5-12(14)16-2)7-13-11(10)6-9/h3-4,6-7,13H,5H2,1-2H3. The molecule has 1 aromatic heterocycles. The van der Waals surface area contributed by atoms with Crippen LogP contribution in [0.3, 0.4) is 0 Å². The van der Waals surface area contributed by atoms with Crippen molar-refractivity contribution in [3.63, 3.8) is 0 Å². The molecule has 0 bridgehead atoms. The maximum Gasteiger partial charge on any atom is 0.310 e. The molecule has 0 atom stereocenters. The van der Waals surface area contributed by atoms with Gasteiger partial charge in [0.05, 0.1) is 20.6 Å². The molecule has 84 valence electrons. The van der Waals surface area contributed by atoms with E-state index >= 15 is 0 Å². The first kappa shape index (κ1) is 10.5. The van der Waals surface area contributed by atoms with Crippen LogP contribution in [-0.2, 0) is 16.0 Å². The molecule has 4 heteroatoms. The molecular weight excluding hydrogens is 206 g/mol. The van der Waals surface area contributed by atoms with Crippen LogP contribution in [0.4, 0.5) is 0 Å². The number of benzene rings is 1. The van der Waals surface area contributed by atoms with Gasteiger partial charge in [-0.2, -0.15) is 0 Å². The van der Waals surface area contributed by atoms with Gasteiger partial charge in [-0.15, -0.1) is 0 Å². The van der Waals surface area contributed by atoms with Gasteiger partial charge >= 0.3 is 5.97 Å². The van der Waals surface area contributed by atoms with Crippen molar-refractivity contribution in [1.82, 2.24) is 4.98 Å². The predicted octanol–water partition coefficient (Wildman–Crippen LogP) is 1.89. The van der Waals surface area contributed by atoms with Crippen LogP contribution in [0.25, 0.3) is 10.9 Å². The third-order valence-corrected chi connectivity index (χ3v) is 2.54. The van der Waals surface area contributed by atoms with Crippen molar-refractivity contribution in [3.05, 3.63) is 30.0 Å². The Bertz CT molecular complexity index is 516. The molecule has 2 rings (SSSR count). The molecule has 2 aromatic rings. The van der Waals surface area contributed by atoms with Crippen molar-refractivity contribution in [2.24, 2.45) is 0 Å². The summed E-state index contributed by atoms with van der Waals surface area (Å²) in [7, 11) is 3.01. The van der Waals surface area contributed by atoms with Gasteiger partial charge < -0.3 is 14.5 Å². The number of nitrogens with one attached hydrogen (secondary N) is 1. The first-order valence-electron chi connectivity index (χ1n) is 4.95. The quantitative estimate of drug-likeness (QED) is 0.802. The highest BCUT2D eigenvalue weighted by atomic mass is 16.5. The molecular formula is C12H13NO3. The maximum atomic E-state index is 11.2. The number of esters is 1. The third kappa shape index (κ3) is 1.86. The number of hydrogen-bond acceptors (Lipinski definition) is 3. The van der Waals surface area contributed by atoms with Crippen molar-refractivity contribution in [3.8, 4) is 5.75 Å². The monoisotopic (exact) mass is 219 g/mol. The average Bonchev–Trinajstić information content (AvgIpc) is 2.71. The van der Waals surface area contributed by atoms with E-state index in [2.05, 4.69) is 9.72 Å². The first-order valence-corrected chi connectivity index (χ1v) is 4.95. The molecule has 0 fully saturated rings. The summed E-state index contributed by atoms with van der Waals surface area (Å²) in [5.41, 5.74) is 1.89. The van der Waals surface area contributed by atoms with Crippen molar-refractivity contribution in [2.75, 3.05) is 14.2 Å². The minimum atomic E-state index is -0.239. The van der Waals surface area contributed by atoms with Gasteiger partial charge in [0.1, 0.15) is 5.75 Å². The Morgan fingerprint density at radius 1 is 1.38 bits per heavy atom. The SMILES string of the molecule is COC(=O)Cc1c[nH]c2cc(OC)ccc12. The number of fused-ring (bicyclic) bond motifs is 1. The van der Waals surface area contributed by atoms with E-state index in [0.29, 0.717) is 0 Å². The van der Waals surface area contributed by atoms with Crippen molar-refractivity contribution >= 4 is 16.9 Å². The van der Waals surface area contributed by atoms with Gasteiger partial charge in [0, 0.05) is 23.2 Å². The van der Waals surface area contributed by atoms with Gasteiger partial charge in [0.25, 0.3) is 0 Å². The number of H-pyrrole nitrogens is 1. The molecule has 0 amide bonds. The number of ether oxygens (including phenoxy) is 2. The molecule has 1 heterocycles. The van der Waals surface area contributed by atoms with Gasteiger partial charge in [-0.3, -0.25) is 4.79 Å². The molecule has 0 aliphatic heterocycles. The van der Waals surface area contributed by atoms with Crippen LogP contribution in [0.5, 0.6) is 5.75 Å². The lowest BCUT2D eigenvalue weighted by Gasteiger charge is -2.00. The Balaban J connectivity index is 2.37. The van der Waals surface area contributed by atoms with Crippen LogP contribution in [0.1, 0.15) is 5.56 Å². The number of carbonyl (C=O) groups excluding carboxylic acids is 1. The molecule has 1 N–H and O–H groups in total. The van der Waals surface area contributed by atoms with Gasteiger partial charge in [0.2, 0.25) is 0 Å². The second-order valence-electron chi connectivity index (χ2n) is 3.48. The summed E-state index contributed by atoms with van der Waals surface area (Å²) in [6.07, 6.45) is 2.10. The van der Waals surface area contributed by atoms with Gasteiger partial charge in [-0.25, -0.2) is 0 Å². The fourth-order valence-corrected chi connectivity index (χ4v) is 1.67. The summed E-state index contributed by atoms with van der Waals surface area (Å²) in [6.45, 7) is 0. The highest BCUT2D eigenvalue weighted by Crippen LogP contribution is 2.23. The zero-order valence-corrected chi connectivity index (χ0v) is 9.24. The van der Waals surface area contributed by atoms with E-state index in [4.69, 9.17) is 4.74 Å². The van der Waals surface area contributed by atoms with E-state index in [9.17, 15) is 4.79 Å². The lowest BCUT2D eigenvalue weighted by atomic mass is 10.1. The van der Waals surface area contributed by atoms with Gasteiger partial charge in [-0.05, 0) is 17.7 Å². The van der Waals surface area contributed by atoms with Crippen LogP contribution in [0, 0.1) is 0 Å². The van der Waals surface area contributed by atoms with E-state index in [1.54, 1.807) is 7.11 Å². The lowest BCUT2D eigenvalue weighted by Crippen LogP contribution is -2.03. The maximum absolute atomic E-state index is 11.2. The molecule has 16 heavy (non-hydrogen) atoms.